The van der Waals surface area contributed by atoms with E-state index in [1.165, 1.54) is 6.07 Å². The number of benzene rings is 2. The van der Waals surface area contributed by atoms with E-state index in [0.29, 0.717) is 16.3 Å². The van der Waals surface area contributed by atoms with Gasteiger partial charge in [0, 0.05) is 11.1 Å². The van der Waals surface area contributed by atoms with Crippen molar-refractivity contribution in [2.75, 3.05) is 6.61 Å². The van der Waals surface area contributed by atoms with Gasteiger partial charge in [-0.25, -0.2) is 4.39 Å². The third kappa shape index (κ3) is 3.74. The van der Waals surface area contributed by atoms with E-state index in [4.69, 9.17) is 21.4 Å². The summed E-state index contributed by atoms with van der Waals surface area (Å²) in [6.45, 7) is -0.154. The van der Waals surface area contributed by atoms with Gasteiger partial charge in [0.2, 0.25) is 0 Å². The van der Waals surface area contributed by atoms with Crippen LogP contribution in [0.5, 0.6) is 5.75 Å². The molecule has 0 aromatic heterocycles. The summed E-state index contributed by atoms with van der Waals surface area (Å²) < 4.78 is 19.1. The van der Waals surface area contributed by atoms with Gasteiger partial charge in [0.25, 0.3) is 0 Å². The van der Waals surface area contributed by atoms with Gasteiger partial charge in [-0.15, -0.1) is 0 Å². The topological polar surface area (TPSA) is 29.5 Å². The summed E-state index contributed by atoms with van der Waals surface area (Å²) in [6, 6.07) is 11.5. The second-order valence-corrected chi connectivity index (χ2v) is 4.38. The molecule has 0 aliphatic rings. The van der Waals surface area contributed by atoms with Crippen LogP contribution in [0.2, 0.25) is 5.02 Å². The Morgan fingerprint density at radius 2 is 2.00 bits per heavy atom. The molecule has 0 spiro atoms. The fourth-order valence-electron chi connectivity index (χ4n) is 1.63. The zero-order chi connectivity index (χ0) is 14.4. The summed E-state index contributed by atoms with van der Waals surface area (Å²) >= 11 is 5.93. The quantitative estimate of drug-likeness (QED) is 0.878. The standard InChI is InChI=1S/C16H12ClFO2/c17-15-7-2-8-16(18)14(15)11-20-13-6-1-4-12(10-13)5-3-9-19/h1-2,4,6-8,10,19H,9,11H2. The maximum atomic E-state index is 13.6. The zero-order valence-corrected chi connectivity index (χ0v) is 11.3. The highest BCUT2D eigenvalue weighted by atomic mass is 35.5. The van der Waals surface area contributed by atoms with Gasteiger partial charge in [0.05, 0.1) is 5.02 Å². The summed E-state index contributed by atoms with van der Waals surface area (Å²) in [5.74, 6) is 5.50. The Bertz CT molecular complexity index is 639. The molecule has 2 nitrogen and oxygen atoms in total. The first-order valence-electron chi connectivity index (χ1n) is 5.96. The van der Waals surface area contributed by atoms with Gasteiger partial charge in [-0.3, -0.25) is 0 Å². The maximum Gasteiger partial charge on any atom is 0.131 e. The minimum Gasteiger partial charge on any atom is -0.489 e. The van der Waals surface area contributed by atoms with E-state index in [1.807, 2.05) is 0 Å². The number of aliphatic hydroxyl groups is 1. The second-order valence-electron chi connectivity index (χ2n) is 3.98. The lowest BCUT2D eigenvalue weighted by atomic mass is 10.2. The van der Waals surface area contributed by atoms with Gasteiger partial charge in [-0.1, -0.05) is 35.6 Å². The lowest BCUT2D eigenvalue weighted by Gasteiger charge is -2.09. The van der Waals surface area contributed by atoms with Gasteiger partial charge in [-0.05, 0) is 30.3 Å². The Labute approximate surface area is 121 Å². The van der Waals surface area contributed by atoms with Gasteiger partial charge >= 0.3 is 0 Å². The van der Waals surface area contributed by atoms with Crippen molar-refractivity contribution < 1.29 is 14.2 Å². The number of hydrogen-bond acceptors (Lipinski definition) is 2. The number of halogens is 2. The third-order valence-electron chi connectivity index (χ3n) is 2.59. The van der Waals surface area contributed by atoms with Crippen molar-refractivity contribution in [3.05, 3.63) is 64.4 Å². The fraction of sp³-hybridized carbons (Fsp3) is 0.125. The molecule has 0 radical (unpaired) electrons. The average Bonchev–Trinajstić information content (AvgIpc) is 2.45. The van der Waals surface area contributed by atoms with Crippen molar-refractivity contribution in [2.24, 2.45) is 0 Å². The SMILES string of the molecule is OCC#Cc1cccc(OCc2c(F)cccc2Cl)c1. The van der Waals surface area contributed by atoms with Crippen molar-refractivity contribution in [3.8, 4) is 17.6 Å². The van der Waals surface area contributed by atoms with E-state index < -0.39 is 5.82 Å². The first-order valence-corrected chi connectivity index (χ1v) is 6.34. The van der Waals surface area contributed by atoms with Gasteiger partial charge in [0.15, 0.2) is 0 Å². The molecule has 0 aliphatic heterocycles. The highest BCUT2D eigenvalue weighted by Crippen LogP contribution is 2.21. The van der Waals surface area contributed by atoms with Crippen LogP contribution >= 0.6 is 11.6 Å². The first-order chi connectivity index (χ1) is 9.70. The Balaban J connectivity index is 2.11. The molecule has 2 rings (SSSR count). The van der Waals surface area contributed by atoms with Crippen LogP contribution in [0.3, 0.4) is 0 Å². The average molecular weight is 291 g/mol. The number of rotatable bonds is 3. The predicted octanol–water partition coefficient (Wildman–Crippen LogP) is 3.40. The fourth-order valence-corrected chi connectivity index (χ4v) is 1.85. The molecule has 0 bridgehead atoms. The van der Waals surface area contributed by atoms with Crippen LogP contribution in [0.4, 0.5) is 4.39 Å². The van der Waals surface area contributed by atoms with E-state index in [-0.39, 0.29) is 13.2 Å². The molecule has 0 atom stereocenters. The van der Waals surface area contributed by atoms with E-state index in [9.17, 15) is 4.39 Å². The molecule has 0 saturated heterocycles. The predicted molar refractivity (Wildman–Crippen MR) is 76.1 cm³/mol. The lowest BCUT2D eigenvalue weighted by molar-refractivity contribution is 0.300. The largest absolute Gasteiger partial charge is 0.489 e. The Morgan fingerprint density at radius 1 is 1.20 bits per heavy atom. The summed E-state index contributed by atoms with van der Waals surface area (Å²) in [5, 5.41) is 8.98. The maximum absolute atomic E-state index is 13.6. The van der Waals surface area contributed by atoms with E-state index >= 15 is 0 Å². The molecule has 0 unspecified atom stereocenters. The molecule has 20 heavy (non-hydrogen) atoms. The number of hydrogen-bond donors (Lipinski definition) is 1. The number of aliphatic hydroxyl groups excluding tert-OH is 1. The van der Waals surface area contributed by atoms with E-state index in [0.717, 1.165) is 5.56 Å². The van der Waals surface area contributed by atoms with Crippen molar-refractivity contribution >= 4 is 11.6 Å². The van der Waals surface area contributed by atoms with Crippen LogP contribution in [0, 0.1) is 17.7 Å². The molecule has 4 heteroatoms. The van der Waals surface area contributed by atoms with Crippen LogP contribution < -0.4 is 4.74 Å². The number of ether oxygens (including phenoxy) is 1. The molecule has 2 aromatic carbocycles. The second kappa shape index (κ2) is 6.95. The summed E-state index contributed by atoms with van der Waals surface area (Å²) in [4.78, 5) is 0. The minimum atomic E-state index is -0.395. The van der Waals surface area contributed by atoms with Crippen LogP contribution in [0.25, 0.3) is 0 Å². The molecule has 0 saturated carbocycles. The van der Waals surface area contributed by atoms with E-state index in [1.54, 1.807) is 36.4 Å². The molecular formula is C16H12ClFO2. The van der Waals surface area contributed by atoms with Gasteiger partial charge in [0.1, 0.15) is 24.8 Å². The molecule has 102 valence electrons. The van der Waals surface area contributed by atoms with Gasteiger partial charge < -0.3 is 9.84 Å². The van der Waals surface area contributed by atoms with Crippen LogP contribution in [-0.2, 0) is 6.61 Å². The van der Waals surface area contributed by atoms with Gasteiger partial charge in [-0.2, -0.15) is 0 Å². The molecule has 0 aliphatic carbocycles. The Kier molecular flexibility index (Phi) is 5.00. The van der Waals surface area contributed by atoms with Crippen molar-refractivity contribution in [1.82, 2.24) is 0 Å². The van der Waals surface area contributed by atoms with Crippen molar-refractivity contribution in [2.45, 2.75) is 6.61 Å². The van der Waals surface area contributed by atoms with E-state index in [2.05, 4.69) is 11.8 Å². The minimum absolute atomic E-state index is 0.0440. The normalized spacial score (nSPS) is 9.75. The third-order valence-corrected chi connectivity index (χ3v) is 2.94. The Morgan fingerprint density at radius 3 is 2.75 bits per heavy atom. The summed E-state index contributed by atoms with van der Waals surface area (Å²) in [6.07, 6.45) is 0. The highest BCUT2D eigenvalue weighted by Gasteiger charge is 2.07. The molecule has 2 aromatic rings. The smallest absolute Gasteiger partial charge is 0.131 e. The zero-order valence-electron chi connectivity index (χ0n) is 10.6. The molecule has 0 amide bonds. The van der Waals surface area contributed by atoms with Crippen LogP contribution in [0.15, 0.2) is 42.5 Å². The molecular weight excluding hydrogens is 279 g/mol. The summed E-state index contributed by atoms with van der Waals surface area (Å²) in [7, 11) is 0. The van der Waals surface area contributed by atoms with Crippen LogP contribution in [-0.4, -0.2) is 11.7 Å². The summed E-state index contributed by atoms with van der Waals surface area (Å²) in [5.41, 5.74) is 1.04. The van der Waals surface area contributed by atoms with Crippen molar-refractivity contribution in [1.29, 1.82) is 0 Å². The first kappa shape index (κ1) is 14.4. The Hall–Kier alpha value is -2.02. The molecule has 0 heterocycles. The molecule has 0 fully saturated rings. The molecule has 1 N–H and O–H groups in total. The highest BCUT2D eigenvalue weighted by molar-refractivity contribution is 6.31. The van der Waals surface area contributed by atoms with Crippen LogP contribution in [0.1, 0.15) is 11.1 Å². The monoisotopic (exact) mass is 290 g/mol. The van der Waals surface area contributed by atoms with Crippen molar-refractivity contribution in [3.63, 3.8) is 0 Å². The lowest BCUT2D eigenvalue weighted by Crippen LogP contribution is -1.99.